The van der Waals surface area contributed by atoms with Crippen LogP contribution in [0.1, 0.15) is 34.5 Å². The minimum absolute atomic E-state index is 0.399. The Kier molecular flexibility index (Phi) is 8.25. The van der Waals surface area contributed by atoms with E-state index in [2.05, 4.69) is 20.5 Å². The third-order valence-corrected chi connectivity index (χ3v) is 5.11. The summed E-state index contributed by atoms with van der Waals surface area (Å²) >= 11 is -2.47. The van der Waals surface area contributed by atoms with Crippen LogP contribution in [-0.2, 0) is 22.6 Å². The monoisotopic (exact) mass is 439 g/mol. The van der Waals surface area contributed by atoms with Crippen LogP contribution in [0.2, 0.25) is 0 Å². The highest BCUT2D eigenvalue weighted by atomic mass is 32.2. The van der Waals surface area contributed by atoms with E-state index in [1.807, 2.05) is 36.4 Å². The molecule has 3 unspecified atom stereocenters. The van der Waals surface area contributed by atoms with E-state index in [-0.39, 0.29) is 0 Å². The Morgan fingerprint density at radius 3 is 2.45 bits per heavy atom. The fourth-order valence-corrected chi connectivity index (χ4v) is 3.45. The number of hydrogen-bond donors (Lipinski definition) is 3. The molecule has 1 amide bonds. The van der Waals surface area contributed by atoms with Crippen molar-refractivity contribution in [2.75, 3.05) is 5.32 Å². The highest BCUT2D eigenvalue weighted by Crippen LogP contribution is 2.22. The highest BCUT2D eigenvalue weighted by molar-refractivity contribution is 7.77. The first-order valence-electron chi connectivity index (χ1n) is 9.62. The van der Waals surface area contributed by atoms with Crippen molar-refractivity contribution in [3.63, 3.8) is 0 Å². The van der Waals surface area contributed by atoms with Crippen LogP contribution in [-0.4, -0.2) is 25.7 Å². The molecule has 3 aromatic rings. The van der Waals surface area contributed by atoms with E-state index >= 15 is 0 Å². The van der Waals surface area contributed by atoms with Gasteiger partial charge in [-0.1, -0.05) is 42.5 Å². The minimum atomic E-state index is -2.47. The third-order valence-electron chi connectivity index (χ3n) is 4.55. The van der Waals surface area contributed by atoms with Crippen molar-refractivity contribution in [3.8, 4) is 0 Å². The fourth-order valence-electron chi connectivity index (χ4n) is 3.02. The van der Waals surface area contributed by atoms with Crippen molar-refractivity contribution in [1.29, 1.82) is 0 Å². The fraction of sp³-hybridized carbons (Fsp3) is 0.182. The molecule has 0 saturated carbocycles. The van der Waals surface area contributed by atoms with Crippen molar-refractivity contribution in [3.05, 3.63) is 95.8 Å². The number of aromatic nitrogens is 1. The number of amides is 1. The van der Waals surface area contributed by atoms with E-state index < -0.39 is 29.3 Å². The molecule has 9 heteroatoms. The van der Waals surface area contributed by atoms with Crippen molar-refractivity contribution in [2.24, 2.45) is 0 Å². The average Bonchev–Trinajstić information content (AvgIpc) is 2.79. The number of para-hydroxylation sites is 1. The zero-order chi connectivity index (χ0) is 22.1. The van der Waals surface area contributed by atoms with Crippen molar-refractivity contribution in [2.45, 2.75) is 25.6 Å². The molecular formula is C22H23N4O4S-. The Balaban J connectivity index is 1.70. The van der Waals surface area contributed by atoms with Crippen molar-refractivity contribution in [1.82, 2.24) is 15.2 Å². The van der Waals surface area contributed by atoms with Gasteiger partial charge in [-0.15, -0.1) is 0 Å². The SMILES string of the molecule is CC(NS(=O)[O-])C(ONC(=O)c1ccccc1NCc1ccncc1)c1ccccc1. The van der Waals surface area contributed by atoms with E-state index in [0.717, 1.165) is 11.1 Å². The number of carbonyl (C=O) groups excluding carboxylic acids is 1. The molecule has 3 rings (SSSR count). The molecule has 0 aliphatic carbocycles. The molecule has 1 aromatic heterocycles. The molecule has 8 nitrogen and oxygen atoms in total. The van der Waals surface area contributed by atoms with Gasteiger partial charge >= 0.3 is 0 Å². The second-order valence-corrected chi connectivity index (χ2v) is 7.48. The minimum Gasteiger partial charge on any atom is -0.760 e. The first-order valence-corrected chi connectivity index (χ1v) is 10.7. The quantitative estimate of drug-likeness (QED) is 0.330. The zero-order valence-electron chi connectivity index (χ0n) is 16.9. The molecular weight excluding hydrogens is 416 g/mol. The predicted molar refractivity (Wildman–Crippen MR) is 117 cm³/mol. The Hall–Kier alpha value is -3.11. The van der Waals surface area contributed by atoms with Crippen LogP contribution in [0.3, 0.4) is 0 Å². The smallest absolute Gasteiger partial charge is 0.276 e. The Morgan fingerprint density at radius 2 is 1.74 bits per heavy atom. The van der Waals surface area contributed by atoms with Gasteiger partial charge in [0.25, 0.3) is 5.91 Å². The topological polar surface area (TPSA) is 115 Å². The molecule has 0 bridgehead atoms. The van der Waals surface area contributed by atoms with Crippen LogP contribution in [0.5, 0.6) is 0 Å². The van der Waals surface area contributed by atoms with Crippen molar-refractivity contribution < 1.29 is 18.4 Å². The van der Waals surface area contributed by atoms with Gasteiger partial charge in [0.05, 0.1) is 5.56 Å². The number of nitrogens with zero attached hydrogens (tertiary/aromatic N) is 1. The second-order valence-electron chi connectivity index (χ2n) is 6.78. The lowest BCUT2D eigenvalue weighted by Crippen LogP contribution is -2.38. The molecule has 0 aliphatic rings. The van der Waals surface area contributed by atoms with Crippen LogP contribution in [0.15, 0.2) is 79.1 Å². The van der Waals surface area contributed by atoms with Gasteiger partial charge in [0.1, 0.15) is 6.10 Å². The number of nitrogens with one attached hydrogen (secondary N) is 3. The summed E-state index contributed by atoms with van der Waals surface area (Å²) in [5.41, 5.74) is 5.25. The maximum Gasteiger partial charge on any atom is 0.276 e. The molecule has 31 heavy (non-hydrogen) atoms. The van der Waals surface area contributed by atoms with Crippen LogP contribution < -0.4 is 15.5 Å². The van der Waals surface area contributed by atoms with Gasteiger partial charge in [-0.3, -0.25) is 18.8 Å². The number of pyridine rings is 1. The number of hydroxylamine groups is 1. The lowest BCUT2D eigenvalue weighted by Gasteiger charge is -2.26. The third kappa shape index (κ3) is 6.69. The maximum atomic E-state index is 12.8. The number of anilines is 1. The zero-order valence-corrected chi connectivity index (χ0v) is 17.7. The normalized spacial score (nSPS) is 13.7. The molecule has 1 heterocycles. The lowest BCUT2D eigenvalue weighted by molar-refractivity contribution is -0.0287. The summed E-state index contributed by atoms with van der Waals surface area (Å²) in [5, 5.41) is 3.24. The van der Waals surface area contributed by atoms with E-state index in [4.69, 9.17) is 4.84 Å². The summed E-state index contributed by atoms with van der Waals surface area (Å²) in [4.78, 5) is 22.5. The first-order chi connectivity index (χ1) is 15.0. The summed E-state index contributed by atoms with van der Waals surface area (Å²) in [6, 6.07) is 19.3. The largest absolute Gasteiger partial charge is 0.760 e. The molecule has 3 N–H and O–H groups in total. The summed E-state index contributed by atoms with van der Waals surface area (Å²) in [5.74, 6) is -0.450. The lowest BCUT2D eigenvalue weighted by atomic mass is 10.0. The van der Waals surface area contributed by atoms with Gasteiger partial charge < -0.3 is 9.87 Å². The molecule has 0 spiro atoms. The summed E-state index contributed by atoms with van der Waals surface area (Å²) in [6.07, 6.45) is 2.69. The maximum absolute atomic E-state index is 12.8. The molecule has 3 atom stereocenters. The standard InChI is InChI=1S/C22H24N4O4S/c1-16(26-31(28)29)21(18-7-3-2-4-8-18)30-25-22(27)19-9-5-6-10-20(19)24-15-17-11-13-23-14-12-17/h2-14,16,21,24,26H,15H2,1H3,(H,25,27)(H,28,29)/p-1. The van der Waals surface area contributed by atoms with Gasteiger partial charge in [-0.05, 0) is 42.3 Å². The summed E-state index contributed by atoms with van der Waals surface area (Å²) in [7, 11) is 0. The van der Waals surface area contributed by atoms with E-state index in [1.165, 1.54) is 0 Å². The van der Waals surface area contributed by atoms with Gasteiger partial charge in [0.2, 0.25) is 0 Å². The number of benzene rings is 2. The van der Waals surface area contributed by atoms with Gasteiger partial charge in [0, 0.05) is 41.9 Å². The van der Waals surface area contributed by atoms with E-state index in [0.29, 0.717) is 17.8 Å². The number of carbonyl (C=O) groups is 1. The van der Waals surface area contributed by atoms with Crippen LogP contribution in [0, 0.1) is 0 Å². The number of hydrogen-bond acceptors (Lipinski definition) is 6. The summed E-state index contributed by atoms with van der Waals surface area (Å²) in [6.45, 7) is 2.18. The Bertz CT molecular complexity index is 1000. The highest BCUT2D eigenvalue weighted by Gasteiger charge is 2.22. The van der Waals surface area contributed by atoms with Crippen LogP contribution in [0.25, 0.3) is 0 Å². The van der Waals surface area contributed by atoms with Gasteiger partial charge in [-0.2, -0.15) is 0 Å². The molecule has 0 aliphatic heterocycles. The molecule has 0 fully saturated rings. The predicted octanol–water partition coefficient (Wildman–Crippen LogP) is 2.87. The molecule has 2 aromatic carbocycles. The Morgan fingerprint density at radius 1 is 1.06 bits per heavy atom. The molecule has 0 radical (unpaired) electrons. The van der Waals surface area contributed by atoms with Crippen molar-refractivity contribution >= 4 is 22.9 Å². The summed E-state index contributed by atoms with van der Waals surface area (Å²) < 4.78 is 24.5. The average molecular weight is 440 g/mol. The number of rotatable bonds is 10. The Labute approximate surface area is 183 Å². The molecule has 0 saturated heterocycles. The van der Waals surface area contributed by atoms with E-state index in [1.54, 1.807) is 49.6 Å². The van der Waals surface area contributed by atoms with Gasteiger partial charge in [-0.25, -0.2) is 10.2 Å². The molecule has 162 valence electrons. The van der Waals surface area contributed by atoms with Gasteiger partial charge in [0.15, 0.2) is 0 Å². The first kappa shape index (κ1) is 22.6. The van der Waals surface area contributed by atoms with E-state index in [9.17, 15) is 13.6 Å². The van der Waals surface area contributed by atoms with Crippen LogP contribution in [0.4, 0.5) is 5.69 Å². The second kappa shape index (κ2) is 11.3. The van der Waals surface area contributed by atoms with Crippen LogP contribution >= 0.6 is 0 Å².